The van der Waals surface area contributed by atoms with Gasteiger partial charge in [0.1, 0.15) is 6.10 Å². The average molecular weight is 487 g/mol. The third-order valence-electron chi connectivity index (χ3n) is 6.87. The highest BCUT2D eigenvalue weighted by Crippen LogP contribution is 2.42. The van der Waals surface area contributed by atoms with Crippen LogP contribution >= 0.6 is 0 Å². The molecule has 184 valence electrons. The largest absolute Gasteiger partial charge is 0.474 e. The van der Waals surface area contributed by atoms with Crippen LogP contribution in [0.5, 0.6) is 5.88 Å². The summed E-state index contributed by atoms with van der Waals surface area (Å²) in [5, 5.41) is 10.4. The van der Waals surface area contributed by atoms with Gasteiger partial charge in [0.15, 0.2) is 5.82 Å². The number of anilines is 1. The zero-order valence-corrected chi connectivity index (χ0v) is 21.3. The van der Waals surface area contributed by atoms with Gasteiger partial charge in [-0.15, -0.1) is 0 Å². The number of fused-ring (bicyclic) bond motifs is 1. The molecule has 3 atom stereocenters. The number of nitrogens with one attached hydrogen (secondary N) is 1. The van der Waals surface area contributed by atoms with E-state index in [1.54, 1.807) is 26.1 Å². The Balaban J connectivity index is 1.82. The Morgan fingerprint density at radius 1 is 1.21 bits per heavy atom. The number of nitrogens with zero attached hydrogens (tertiary/aromatic N) is 3. The number of hydrogen-bond acceptors (Lipinski definition) is 6. The van der Waals surface area contributed by atoms with Crippen molar-refractivity contribution in [1.82, 2.24) is 14.7 Å². The predicted molar refractivity (Wildman–Crippen MR) is 133 cm³/mol. The van der Waals surface area contributed by atoms with Crippen molar-refractivity contribution in [2.24, 2.45) is 17.8 Å². The van der Waals surface area contributed by atoms with Crippen LogP contribution in [0.4, 0.5) is 5.69 Å². The Kier molecular flexibility index (Phi) is 6.75. The lowest BCUT2D eigenvalue weighted by Crippen LogP contribution is -2.36. The molecule has 3 unspecified atom stereocenters. The number of ether oxygens (including phenoxy) is 1. The number of aryl methyl sites for hydroxylation is 1. The third-order valence-corrected chi connectivity index (χ3v) is 8.17. The Bertz CT molecular complexity index is 1240. The minimum atomic E-state index is -3.47. The summed E-state index contributed by atoms with van der Waals surface area (Å²) in [6.45, 7) is 10.1. The fraction of sp³-hybridized carbons (Fsp3) is 0.520. The maximum absolute atomic E-state index is 12.2. The number of rotatable bonds is 7. The minimum Gasteiger partial charge on any atom is -0.474 e. The van der Waals surface area contributed by atoms with E-state index in [-0.39, 0.29) is 11.9 Å². The summed E-state index contributed by atoms with van der Waals surface area (Å²) in [6.07, 6.45) is 6.33. The maximum atomic E-state index is 12.2. The van der Waals surface area contributed by atoms with E-state index in [4.69, 9.17) is 4.74 Å². The van der Waals surface area contributed by atoms with Gasteiger partial charge in [-0.25, -0.2) is 18.4 Å². The van der Waals surface area contributed by atoms with E-state index in [2.05, 4.69) is 35.5 Å². The second kappa shape index (κ2) is 9.44. The van der Waals surface area contributed by atoms with Gasteiger partial charge in [0.05, 0.1) is 23.3 Å². The predicted octanol–water partition coefficient (Wildman–Crippen LogP) is 5.20. The first-order valence-electron chi connectivity index (χ1n) is 11.9. The highest BCUT2D eigenvalue weighted by Gasteiger charge is 2.33. The highest BCUT2D eigenvalue weighted by atomic mass is 32.2. The van der Waals surface area contributed by atoms with Crippen molar-refractivity contribution < 1.29 is 18.4 Å². The second-order valence-corrected chi connectivity index (χ2v) is 11.8. The van der Waals surface area contributed by atoms with Crippen LogP contribution < -0.4 is 9.46 Å². The normalized spacial score (nSPS) is 21.2. The van der Waals surface area contributed by atoms with Crippen LogP contribution in [0.3, 0.4) is 0 Å². The number of pyridine rings is 2. The standard InChI is InChI=1S/C25H34N4O4S/c1-6-34(31,32)28-18-13-22(21-12-17(5)29(30)24-19(21)9-10-26-24)25(27-14-18)33-23-8-7-16(4)11-20(23)15(2)3/h9-10,12-16,20,23,28,30H,6-8,11H2,1-5H3. The molecule has 1 aromatic rings. The Morgan fingerprint density at radius 3 is 2.68 bits per heavy atom. The fourth-order valence-electron chi connectivity index (χ4n) is 4.88. The molecule has 0 spiro atoms. The first-order valence-corrected chi connectivity index (χ1v) is 13.6. The molecule has 1 fully saturated rings. The van der Waals surface area contributed by atoms with Crippen LogP contribution in [0, 0.1) is 24.7 Å². The lowest BCUT2D eigenvalue weighted by atomic mass is 9.75. The molecule has 2 N–H and O–H groups in total. The van der Waals surface area contributed by atoms with Crippen LogP contribution in [0.15, 0.2) is 30.6 Å². The van der Waals surface area contributed by atoms with Gasteiger partial charge < -0.3 is 9.94 Å². The highest BCUT2D eigenvalue weighted by molar-refractivity contribution is 7.92. The number of hydrogen-bond donors (Lipinski definition) is 2. The van der Waals surface area contributed by atoms with E-state index >= 15 is 0 Å². The molecule has 3 aliphatic rings. The smallest absolute Gasteiger partial charge is 0.232 e. The van der Waals surface area contributed by atoms with E-state index in [0.717, 1.165) is 35.1 Å². The summed E-state index contributed by atoms with van der Waals surface area (Å²) in [5.74, 6) is 2.40. The Hall–Kier alpha value is -2.81. The van der Waals surface area contributed by atoms with Crippen LogP contribution in [0.1, 0.15) is 52.7 Å². The van der Waals surface area contributed by atoms with Crippen molar-refractivity contribution in [2.45, 2.75) is 60.0 Å². The van der Waals surface area contributed by atoms with Gasteiger partial charge in [0, 0.05) is 22.9 Å². The van der Waals surface area contributed by atoms with Gasteiger partial charge in [-0.05, 0) is 69.1 Å². The van der Waals surface area contributed by atoms with Gasteiger partial charge in [0.2, 0.25) is 15.9 Å². The van der Waals surface area contributed by atoms with Crippen molar-refractivity contribution >= 4 is 15.7 Å². The molecule has 0 saturated heterocycles. The molecule has 4 rings (SSSR count). The fourth-order valence-corrected chi connectivity index (χ4v) is 5.49. The lowest BCUT2D eigenvalue weighted by Gasteiger charge is -2.37. The lowest BCUT2D eigenvalue weighted by molar-refractivity contribution is 0.0446. The summed E-state index contributed by atoms with van der Waals surface area (Å²) >= 11 is 0. The Labute approximate surface area is 201 Å². The molecule has 1 saturated carbocycles. The molecule has 0 bridgehead atoms. The van der Waals surface area contributed by atoms with E-state index in [0.29, 0.717) is 46.4 Å². The van der Waals surface area contributed by atoms with Gasteiger partial charge >= 0.3 is 0 Å². The molecule has 2 aliphatic heterocycles. The van der Waals surface area contributed by atoms with Gasteiger partial charge in [-0.3, -0.25) is 4.72 Å². The quantitative estimate of drug-likeness (QED) is 0.445. The van der Waals surface area contributed by atoms with Crippen molar-refractivity contribution in [3.8, 4) is 28.4 Å². The molecule has 34 heavy (non-hydrogen) atoms. The van der Waals surface area contributed by atoms with Crippen LogP contribution in [0.2, 0.25) is 0 Å². The van der Waals surface area contributed by atoms with E-state index in [9.17, 15) is 13.6 Å². The van der Waals surface area contributed by atoms with Gasteiger partial charge in [-0.1, -0.05) is 20.8 Å². The van der Waals surface area contributed by atoms with Crippen LogP contribution in [-0.2, 0) is 10.0 Å². The average Bonchev–Trinajstić information content (AvgIpc) is 3.28. The van der Waals surface area contributed by atoms with Gasteiger partial charge in [0.25, 0.3) is 0 Å². The van der Waals surface area contributed by atoms with Crippen molar-refractivity contribution in [3.63, 3.8) is 0 Å². The van der Waals surface area contributed by atoms with Gasteiger partial charge in [-0.2, -0.15) is 4.73 Å². The van der Waals surface area contributed by atoms with Crippen LogP contribution in [-0.4, -0.2) is 40.2 Å². The third kappa shape index (κ3) is 4.85. The molecule has 1 aliphatic carbocycles. The first kappa shape index (κ1) is 24.3. The van der Waals surface area contributed by atoms with Crippen LogP contribution in [0.25, 0.3) is 22.5 Å². The maximum Gasteiger partial charge on any atom is 0.232 e. The summed E-state index contributed by atoms with van der Waals surface area (Å²) in [7, 11) is -3.47. The SMILES string of the molecule is CCS(=O)(=O)Nc1cnc(OC2CCC(C)CC2C(C)C)c(-c2cc(C)n(O)c3nccc2-3)c1. The molecule has 0 radical (unpaired) electrons. The molecule has 3 heterocycles. The summed E-state index contributed by atoms with van der Waals surface area (Å²) < 4.78 is 34.7. The molecule has 8 nitrogen and oxygen atoms in total. The molecule has 0 aromatic carbocycles. The van der Waals surface area contributed by atoms with E-state index < -0.39 is 10.0 Å². The monoisotopic (exact) mass is 486 g/mol. The van der Waals surface area contributed by atoms with E-state index in [1.807, 2.05) is 12.1 Å². The van der Waals surface area contributed by atoms with E-state index in [1.165, 1.54) is 6.20 Å². The molecular formula is C25H34N4O4S. The molecule has 0 amide bonds. The zero-order valence-electron chi connectivity index (χ0n) is 20.4. The molecule has 1 aromatic heterocycles. The number of aromatic nitrogens is 3. The molecule has 9 heteroatoms. The second-order valence-electron chi connectivity index (χ2n) is 9.76. The minimum absolute atomic E-state index is 0.0292. The van der Waals surface area contributed by atoms with Crippen molar-refractivity contribution in [3.05, 3.63) is 36.3 Å². The zero-order chi connectivity index (χ0) is 24.6. The van der Waals surface area contributed by atoms with Crippen molar-refractivity contribution in [2.75, 3.05) is 10.5 Å². The first-order chi connectivity index (χ1) is 16.1. The number of sulfonamides is 1. The molecular weight excluding hydrogens is 452 g/mol. The summed E-state index contributed by atoms with van der Waals surface area (Å²) in [4.78, 5) is 8.87. The summed E-state index contributed by atoms with van der Waals surface area (Å²) in [6, 6.07) is 5.42. The Morgan fingerprint density at radius 2 is 1.97 bits per heavy atom. The summed E-state index contributed by atoms with van der Waals surface area (Å²) in [5.41, 5.74) is 3.14. The van der Waals surface area contributed by atoms with Crippen molar-refractivity contribution in [1.29, 1.82) is 0 Å². The topological polar surface area (TPSA) is 106 Å².